The van der Waals surface area contributed by atoms with Gasteiger partial charge in [0.2, 0.25) is 5.91 Å². The predicted octanol–water partition coefficient (Wildman–Crippen LogP) is 0.230. The molecule has 0 radical (unpaired) electrons. The lowest BCUT2D eigenvalue weighted by atomic mass is 9.86. The van der Waals surface area contributed by atoms with E-state index < -0.39 is 17.2 Å². The van der Waals surface area contributed by atoms with Gasteiger partial charge in [0.05, 0.1) is 24.0 Å². The first-order valence-electron chi connectivity index (χ1n) is 7.21. The standard InChI is InChI=1S/C14H27N3O4S/c1-13(2)5-10(6-14(3,4)17(13)21)15-16-12(20)9-22-8-11(19)7-18/h5,11,15,18-19,21H,6-9H2,1-4H3,(H,16,20). The number of hydrogen-bond donors (Lipinski definition) is 5. The van der Waals surface area contributed by atoms with Gasteiger partial charge in [0.15, 0.2) is 0 Å². The minimum Gasteiger partial charge on any atom is -0.394 e. The van der Waals surface area contributed by atoms with Crippen LogP contribution < -0.4 is 10.9 Å². The summed E-state index contributed by atoms with van der Waals surface area (Å²) >= 11 is 1.25. The van der Waals surface area contributed by atoms with Crippen molar-refractivity contribution >= 4 is 17.7 Å². The molecule has 0 spiro atoms. The maximum Gasteiger partial charge on any atom is 0.248 e. The van der Waals surface area contributed by atoms with Crippen LogP contribution in [0, 0.1) is 0 Å². The summed E-state index contributed by atoms with van der Waals surface area (Å²) in [6.45, 7) is 7.34. The van der Waals surface area contributed by atoms with Crippen LogP contribution in [-0.4, -0.2) is 61.7 Å². The van der Waals surface area contributed by atoms with Crippen LogP contribution in [0.15, 0.2) is 11.8 Å². The molecular formula is C14H27N3O4S. The summed E-state index contributed by atoms with van der Waals surface area (Å²) in [5.41, 5.74) is 5.39. The number of aliphatic hydroxyl groups is 2. The molecule has 0 fully saturated rings. The quantitative estimate of drug-likeness (QED) is 0.425. The van der Waals surface area contributed by atoms with Gasteiger partial charge >= 0.3 is 0 Å². The number of carbonyl (C=O) groups is 1. The molecule has 1 aliphatic rings. The maximum atomic E-state index is 11.7. The van der Waals surface area contributed by atoms with Gasteiger partial charge in [-0.2, -0.15) is 5.06 Å². The molecule has 1 aliphatic heterocycles. The minimum atomic E-state index is -0.802. The Morgan fingerprint density at radius 3 is 2.64 bits per heavy atom. The number of thioether (sulfide) groups is 1. The van der Waals surface area contributed by atoms with Gasteiger partial charge in [0.25, 0.3) is 0 Å². The highest BCUT2D eigenvalue weighted by Gasteiger charge is 2.40. The molecule has 0 aromatic carbocycles. The second-order valence-electron chi connectivity index (χ2n) is 6.65. The summed E-state index contributed by atoms with van der Waals surface area (Å²) in [5.74, 6) is 0.292. The Morgan fingerprint density at radius 1 is 1.45 bits per heavy atom. The van der Waals surface area contributed by atoms with E-state index in [4.69, 9.17) is 5.11 Å². The molecule has 0 saturated heterocycles. The zero-order chi connectivity index (χ0) is 17.0. The van der Waals surface area contributed by atoms with Crippen LogP contribution in [0.4, 0.5) is 0 Å². The highest BCUT2D eigenvalue weighted by molar-refractivity contribution is 7.99. The molecule has 0 saturated carbocycles. The van der Waals surface area contributed by atoms with Crippen LogP contribution in [0.2, 0.25) is 0 Å². The van der Waals surface area contributed by atoms with E-state index in [0.29, 0.717) is 12.2 Å². The third-order valence-electron chi connectivity index (χ3n) is 3.39. The van der Waals surface area contributed by atoms with E-state index in [9.17, 15) is 15.1 Å². The molecule has 22 heavy (non-hydrogen) atoms. The van der Waals surface area contributed by atoms with Gasteiger partial charge in [0.1, 0.15) is 0 Å². The summed E-state index contributed by atoms with van der Waals surface area (Å²) in [6, 6.07) is 0. The number of amides is 1. The van der Waals surface area contributed by atoms with Crippen molar-refractivity contribution in [3.63, 3.8) is 0 Å². The van der Waals surface area contributed by atoms with Crippen LogP contribution in [-0.2, 0) is 4.79 Å². The number of hydroxylamine groups is 2. The fourth-order valence-corrected chi connectivity index (χ4v) is 3.22. The first-order chi connectivity index (χ1) is 10.1. The Balaban J connectivity index is 2.46. The number of rotatable bonds is 7. The topological polar surface area (TPSA) is 105 Å². The molecule has 1 heterocycles. The van der Waals surface area contributed by atoms with Crippen molar-refractivity contribution in [3.05, 3.63) is 11.8 Å². The van der Waals surface area contributed by atoms with Crippen LogP contribution in [0.1, 0.15) is 34.1 Å². The second kappa shape index (κ2) is 7.65. The van der Waals surface area contributed by atoms with Gasteiger partial charge in [0, 0.05) is 23.4 Å². The summed E-state index contributed by atoms with van der Waals surface area (Å²) in [6.07, 6.45) is 1.65. The van der Waals surface area contributed by atoms with E-state index in [1.807, 2.05) is 33.8 Å². The van der Waals surface area contributed by atoms with Gasteiger partial charge in [-0.1, -0.05) is 0 Å². The van der Waals surface area contributed by atoms with Crippen molar-refractivity contribution in [2.75, 3.05) is 18.1 Å². The summed E-state index contributed by atoms with van der Waals surface area (Å²) < 4.78 is 0. The average molecular weight is 333 g/mol. The Hall–Kier alpha value is -0.800. The number of hydrogen-bond acceptors (Lipinski definition) is 7. The second-order valence-corrected chi connectivity index (χ2v) is 7.68. The Bertz CT molecular complexity index is 426. The lowest BCUT2D eigenvalue weighted by Gasteiger charge is -2.47. The lowest BCUT2D eigenvalue weighted by Crippen LogP contribution is -2.57. The molecule has 0 aliphatic carbocycles. The van der Waals surface area contributed by atoms with E-state index in [1.165, 1.54) is 16.8 Å². The number of hydrazine groups is 1. The number of nitrogens with zero attached hydrogens (tertiary/aromatic N) is 1. The van der Waals surface area contributed by atoms with Crippen LogP contribution >= 0.6 is 11.8 Å². The van der Waals surface area contributed by atoms with Crippen molar-refractivity contribution in [2.45, 2.75) is 51.3 Å². The van der Waals surface area contributed by atoms with Crippen LogP contribution in [0.3, 0.4) is 0 Å². The zero-order valence-corrected chi connectivity index (χ0v) is 14.4. The third kappa shape index (κ3) is 5.44. The Morgan fingerprint density at radius 2 is 2.09 bits per heavy atom. The SMILES string of the molecule is CC1(C)C=C(NNC(=O)CSCC(O)CO)CC(C)(C)N1O. The van der Waals surface area contributed by atoms with Gasteiger partial charge in [-0.15, -0.1) is 11.8 Å². The van der Waals surface area contributed by atoms with Gasteiger partial charge in [-0.3, -0.25) is 10.2 Å². The fraction of sp³-hybridized carbons (Fsp3) is 0.786. The highest BCUT2D eigenvalue weighted by Crippen LogP contribution is 2.34. The molecule has 7 nitrogen and oxygen atoms in total. The first kappa shape index (κ1) is 19.2. The van der Waals surface area contributed by atoms with Crippen molar-refractivity contribution in [1.82, 2.24) is 15.9 Å². The maximum absolute atomic E-state index is 11.7. The van der Waals surface area contributed by atoms with Gasteiger partial charge in [-0.05, 0) is 33.8 Å². The summed E-state index contributed by atoms with van der Waals surface area (Å²) in [4.78, 5) is 11.7. The van der Waals surface area contributed by atoms with Gasteiger partial charge < -0.3 is 20.8 Å². The lowest BCUT2D eigenvalue weighted by molar-refractivity contribution is -0.214. The number of aliphatic hydroxyl groups excluding tert-OH is 2. The molecule has 5 N–H and O–H groups in total. The minimum absolute atomic E-state index is 0.191. The van der Waals surface area contributed by atoms with Crippen molar-refractivity contribution in [1.29, 1.82) is 0 Å². The third-order valence-corrected chi connectivity index (χ3v) is 4.47. The Kier molecular flexibility index (Phi) is 6.69. The molecule has 1 unspecified atom stereocenters. The molecule has 0 aromatic rings. The van der Waals surface area contributed by atoms with E-state index in [-0.39, 0.29) is 18.3 Å². The summed E-state index contributed by atoms with van der Waals surface area (Å²) in [5, 5.41) is 29.4. The van der Waals surface area contributed by atoms with E-state index in [0.717, 1.165) is 5.70 Å². The normalized spacial score (nSPS) is 21.9. The molecule has 128 valence electrons. The van der Waals surface area contributed by atoms with Crippen molar-refractivity contribution in [2.24, 2.45) is 0 Å². The van der Waals surface area contributed by atoms with E-state index >= 15 is 0 Å². The highest BCUT2D eigenvalue weighted by atomic mass is 32.2. The molecular weight excluding hydrogens is 306 g/mol. The number of nitrogens with one attached hydrogen (secondary N) is 2. The molecule has 0 aromatic heterocycles. The van der Waals surface area contributed by atoms with E-state index in [1.54, 1.807) is 0 Å². The monoisotopic (exact) mass is 333 g/mol. The smallest absolute Gasteiger partial charge is 0.248 e. The molecule has 0 bridgehead atoms. The largest absolute Gasteiger partial charge is 0.394 e. The summed E-state index contributed by atoms with van der Waals surface area (Å²) in [7, 11) is 0. The molecule has 1 atom stereocenters. The average Bonchev–Trinajstić information content (AvgIpc) is 2.41. The molecule has 1 amide bonds. The van der Waals surface area contributed by atoms with Gasteiger partial charge in [-0.25, -0.2) is 0 Å². The predicted molar refractivity (Wildman–Crippen MR) is 86.2 cm³/mol. The molecule has 8 heteroatoms. The van der Waals surface area contributed by atoms with Crippen LogP contribution in [0.5, 0.6) is 0 Å². The number of carbonyl (C=O) groups excluding carboxylic acids is 1. The molecule has 1 rings (SSSR count). The zero-order valence-electron chi connectivity index (χ0n) is 13.6. The van der Waals surface area contributed by atoms with Crippen molar-refractivity contribution in [3.8, 4) is 0 Å². The van der Waals surface area contributed by atoms with Crippen LogP contribution in [0.25, 0.3) is 0 Å². The van der Waals surface area contributed by atoms with E-state index in [2.05, 4.69) is 10.9 Å². The fourth-order valence-electron chi connectivity index (χ4n) is 2.47. The van der Waals surface area contributed by atoms with Crippen molar-refractivity contribution < 1.29 is 20.2 Å². The first-order valence-corrected chi connectivity index (χ1v) is 8.36. The Labute approximate surface area is 135 Å².